The van der Waals surface area contributed by atoms with E-state index >= 15 is 0 Å². The average molecular weight is 205 g/mol. The highest BCUT2D eigenvalue weighted by molar-refractivity contribution is 5.40. The van der Waals surface area contributed by atoms with Crippen molar-refractivity contribution in [1.29, 1.82) is 0 Å². The molecule has 0 unspecified atom stereocenters. The first kappa shape index (κ1) is 9.71. The second kappa shape index (κ2) is 3.73. The normalized spacial score (nSPS) is 10.3. The zero-order chi connectivity index (χ0) is 10.8. The van der Waals surface area contributed by atoms with E-state index in [-0.39, 0.29) is 5.82 Å². The molecular weight excluding hydrogens is 193 g/mol. The molecule has 0 saturated heterocycles. The van der Waals surface area contributed by atoms with E-state index in [0.717, 1.165) is 11.5 Å². The standard InChI is InChI=1S/C11H12FN3/c1-8-5-9(3-4-10(8)12)15-6-11(13-2)14-7-15/h3-7,13H,1-2H3. The minimum atomic E-state index is -0.187. The molecule has 78 valence electrons. The van der Waals surface area contributed by atoms with Crippen LogP contribution in [0.5, 0.6) is 0 Å². The molecule has 0 amide bonds. The van der Waals surface area contributed by atoms with Crippen molar-refractivity contribution in [3.63, 3.8) is 0 Å². The largest absolute Gasteiger partial charge is 0.372 e. The molecule has 3 nitrogen and oxygen atoms in total. The van der Waals surface area contributed by atoms with E-state index in [2.05, 4.69) is 10.3 Å². The maximum Gasteiger partial charge on any atom is 0.144 e. The fourth-order valence-corrected chi connectivity index (χ4v) is 1.38. The Labute approximate surface area is 87.6 Å². The molecule has 1 aromatic carbocycles. The third-order valence-corrected chi connectivity index (χ3v) is 2.28. The van der Waals surface area contributed by atoms with E-state index in [1.807, 2.05) is 17.8 Å². The average Bonchev–Trinajstić information content (AvgIpc) is 2.70. The van der Waals surface area contributed by atoms with E-state index in [9.17, 15) is 4.39 Å². The molecule has 0 bridgehead atoms. The summed E-state index contributed by atoms with van der Waals surface area (Å²) in [6.45, 7) is 1.74. The van der Waals surface area contributed by atoms with Crippen LogP contribution in [0.25, 0.3) is 5.69 Å². The summed E-state index contributed by atoms with van der Waals surface area (Å²) < 4.78 is 14.9. The van der Waals surface area contributed by atoms with Crippen molar-refractivity contribution in [1.82, 2.24) is 9.55 Å². The lowest BCUT2D eigenvalue weighted by molar-refractivity contribution is 0.618. The lowest BCUT2D eigenvalue weighted by Gasteiger charge is -2.03. The molecule has 0 saturated carbocycles. The molecule has 0 spiro atoms. The summed E-state index contributed by atoms with van der Waals surface area (Å²) in [6, 6.07) is 4.98. The number of hydrogen-bond donors (Lipinski definition) is 1. The summed E-state index contributed by atoms with van der Waals surface area (Å²) in [5.41, 5.74) is 1.54. The minimum Gasteiger partial charge on any atom is -0.372 e. The van der Waals surface area contributed by atoms with Crippen LogP contribution >= 0.6 is 0 Å². The summed E-state index contributed by atoms with van der Waals surface area (Å²) in [5, 5.41) is 2.94. The highest BCUT2D eigenvalue weighted by Gasteiger charge is 2.02. The van der Waals surface area contributed by atoms with Gasteiger partial charge in [-0.2, -0.15) is 0 Å². The van der Waals surface area contributed by atoms with Gasteiger partial charge < -0.3 is 9.88 Å². The molecule has 1 aromatic heterocycles. The van der Waals surface area contributed by atoms with Gasteiger partial charge in [0.05, 0.1) is 6.20 Å². The van der Waals surface area contributed by atoms with E-state index in [4.69, 9.17) is 0 Å². The third-order valence-electron chi connectivity index (χ3n) is 2.28. The van der Waals surface area contributed by atoms with Crippen LogP contribution in [-0.4, -0.2) is 16.6 Å². The highest BCUT2D eigenvalue weighted by atomic mass is 19.1. The van der Waals surface area contributed by atoms with Crippen LogP contribution in [0.3, 0.4) is 0 Å². The maximum atomic E-state index is 13.0. The molecule has 15 heavy (non-hydrogen) atoms. The predicted molar refractivity (Wildman–Crippen MR) is 57.8 cm³/mol. The van der Waals surface area contributed by atoms with Crippen LogP contribution in [0, 0.1) is 12.7 Å². The molecule has 1 heterocycles. The van der Waals surface area contributed by atoms with E-state index in [0.29, 0.717) is 5.56 Å². The lowest BCUT2D eigenvalue weighted by Crippen LogP contribution is -1.92. The number of rotatable bonds is 2. The number of nitrogens with one attached hydrogen (secondary N) is 1. The number of aromatic nitrogens is 2. The number of halogens is 1. The Morgan fingerprint density at radius 3 is 2.80 bits per heavy atom. The van der Waals surface area contributed by atoms with Gasteiger partial charge >= 0.3 is 0 Å². The summed E-state index contributed by atoms with van der Waals surface area (Å²) in [5.74, 6) is 0.602. The molecule has 0 atom stereocenters. The molecule has 0 aliphatic carbocycles. The minimum absolute atomic E-state index is 0.187. The van der Waals surface area contributed by atoms with Crippen LogP contribution < -0.4 is 5.32 Å². The van der Waals surface area contributed by atoms with Crippen LogP contribution in [-0.2, 0) is 0 Å². The van der Waals surface area contributed by atoms with Crippen molar-refractivity contribution in [2.24, 2.45) is 0 Å². The molecule has 0 aliphatic heterocycles. The Morgan fingerprint density at radius 1 is 1.40 bits per heavy atom. The van der Waals surface area contributed by atoms with Crippen molar-refractivity contribution < 1.29 is 4.39 Å². The summed E-state index contributed by atoms with van der Waals surface area (Å²) >= 11 is 0. The van der Waals surface area contributed by atoms with Crippen molar-refractivity contribution in [3.05, 3.63) is 42.1 Å². The molecule has 2 rings (SSSR count). The Bertz CT molecular complexity index is 476. The first-order valence-corrected chi connectivity index (χ1v) is 4.69. The molecular formula is C11H12FN3. The number of aryl methyl sites for hydroxylation is 1. The van der Waals surface area contributed by atoms with Gasteiger partial charge in [-0.1, -0.05) is 0 Å². The van der Waals surface area contributed by atoms with E-state index in [1.165, 1.54) is 6.07 Å². The maximum absolute atomic E-state index is 13.0. The SMILES string of the molecule is CNc1cn(-c2ccc(F)c(C)c2)cn1. The lowest BCUT2D eigenvalue weighted by atomic mass is 10.2. The van der Waals surface area contributed by atoms with Gasteiger partial charge in [0.1, 0.15) is 18.0 Å². The predicted octanol–water partition coefficient (Wildman–Crippen LogP) is 2.36. The second-order valence-corrected chi connectivity index (χ2v) is 3.35. The smallest absolute Gasteiger partial charge is 0.144 e. The number of nitrogens with zero attached hydrogens (tertiary/aromatic N) is 2. The van der Waals surface area contributed by atoms with Crippen LogP contribution in [0.15, 0.2) is 30.7 Å². The van der Waals surface area contributed by atoms with Gasteiger partial charge in [0.15, 0.2) is 0 Å². The van der Waals surface area contributed by atoms with Gasteiger partial charge in [0.25, 0.3) is 0 Å². The topological polar surface area (TPSA) is 29.9 Å². The van der Waals surface area contributed by atoms with Gasteiger partial charge in [0, 0.05) is 12.7 Å². The first-order chi connectivity index (χ1) is 7.20. The van der Waals surface area contributed by atoms with Gasteiger partial charge in [0.2, 0.25) is 0 Å². The fraction of sp³-hybridized carbons (Fsp3) is 0.182. The van der Waals surface area contributed by atoms with Crippen LogP contribution in [0.1, 0.15) is 5.56 Å². The Kier molecular flexibility index (Phi) is 2.41. The van der Waals surface area contributed by atoms with Crippen molar-refractivity contribution in [3.8, 4) is 5.69 Å². The zero-order valence-corrected chi connectivity index (χ0v) is 8.66. The second-order valence-electron chi connectivity index (χ2n) is 3.35. The van der Waals surface area contributed by atoms with Crippen LogP contribution in [0.2, 0.25) is 0 Å². The van der Waals surface area contributed by atoms with Crippen molar-refractivity contribution in [2.45, 2.75) is 6.92 Å². The number of anilines is 1. The summed E-state index contributed by atoms with van der Waals surface area (Å²) in [4.78, 5) is 4.12. The molecule has 0 aliphatic rings. The van der Waals surface area contributed by atoms with Gasteiger partial charge in [-0.3, -0.25) is 0 Å². The summed E-state index contributed by atoms with van der Waals surface area (Å²) in [6.07, 6.45) is 3.55. The highest BCUT2D eigenvalue weighted by Crippen LogP contribution is 2.14. The molecule has 1 N–H and O–H groups in total. The Morgan fingerprint density at radius 2 is 2.20 bits per heavy atom. The number of imidazole rings is 1. The quantitative estimate of drug-likeness (QED) is 0.815. The number of benzene rings is 1. The van der Waals surface area contributed by atoms with E-state index < -0.39 is 0 Å². The van der Waals surface area contributed by atoms with Crippen molar-refractivity contribution in [2.75, 3.05) is 12.4 Å². The third kappa shape index (κ3) is 1.83. The Hall–Kier alpha value is -1.84. The van der Waals surface area contributed by atoms with Crippen molar-refractivity contribution >= 4 is 5.82 Å². The molecule has 4 heteroatoms. The molecule has 0 radical (unpaired) electrons. The van der Waals surface area contributed by atoms with E-state index in [1.54, 1.807) is 25.4 Å². The molecule has 0 fully saturated rings. The number of hydrogen-bond acceptors (Lipinski definition) is 2. The van der Waals surface area contributed by atoms with Gasteiger partial charge in [-0.05, 0) is 30.7 Å². The van der Waals surface area contributed by atoms with Crippen LogP contribution in [0.4, 0.5) is 10.2 Å². The Balaban J connectivity index is 2.40. The monoisotopic (exact) mass is 205 g/mol. The first-order valence-electron chi connectivity index (χ1n) is 4.69. The summed E-state index contributed by atoms with van der Waals surface area (Å²) in [7, 11) is 1.81. The van der Waals surface area contributed by atoms with Gasteiger partial charge in [-0.15, -0.1) is 0 Å². The zero-order valence-electron chi connectivity index (χ0n) is 8.66. The fourth-order valence-electron chi connectivity index (χ4n) is 1.38. The molecule has 2 aromatic rings. The van der Waals surface area contributed by atoms with Gasteiger partial charge in [-0.25, -0.2) is 9.37 Å².